The Balaban J connectivity index is 1.73. The van der Waals surface area contributed by atoms with Crippen LogP contribution in [0.3, 0.4) is 0 Å². The zero-order valence-corrected chi connectivity index (χ0v) is 19.8. The third-order valence-corrected chi connectivity index (χ3v) is 5.79. The number of anilines is 1. The Kier molecular flexibility index (Phi) is 7.94. The molecule has 32 heavy (non-hydrogen) atoms. The second kappa shape index (κ2) is 10.7. The van der Waals surface area contributed by atoms with E-state index in [2.05, 4.69) is 26.0 Å². The van der Waals surface area contributed by atoms with Crippen LogP contribution in [0.2, 0.25) is 5.02 Å². The van der Waals surface area contributed by atoms with E-state index in [1.165, 1.54) is 13.2 Å². The van der Waals surface area contributed by atoms with E-state index in [9.17, 15) is 19.2 Å². The molecule has 166 valence electrons. The first-order chi connectivity index (χ1) is 15.3. The molecule has 0 aliphatic carbocycles. The summed E-state index contributed by atoms with van der Waals surface area (Å²) in [5, 5.41) is 2.55. The van der Waals surface area contributed by atoms with Gasteiger partial charge in [0.25, 0.3) is 11.1 Å². The lowest BCUT2D eigenvalue weighted by molar-refractivity contribution is -0.142. The van der Waals surface area contributed by atoms with Gasteiger partial charge in [0.1, 0.15) is 12.3 Å². The Morgan fingerprint density at radius 1 is 1.19 bits per heavy atom. The lowest BCUT2D eigenvalue weighted by Crippen LogP contribution is -2.36. The van der Waals surface area contributed by atoms with Crippen LogP contribution in [0, 0.1) is 0 Å². The van der Waals surface area contributed by atoms with Gasteiger partial charge in [-0.2, -0.15) is 0 Å². The van der Waals surface area contributed by atoms with Gasteiger partial charge in [-0.1, -0.05) is 27.5 Å². The molecule has 1 heterocycles. The van der Waals surface area contributed by atoms with E-state index in [1.54, 1.807) is 42.5 Å². The summed E-state index contributed by atoms with van der Waals surface area (Å²) in [5.74, 6) is -1.37. The van der Waals surface area contributed by atoms with E-state index < -0.39 is 29.6 Å². The molecule has 0 bridgehead atoms. The lowest BCUT2D eigenvalue weighted by Gasteiger charge is -2.12. The molecule has 3 rings (SSSR count). The summed E-state index contributed by atoms with van der Waals surface area (Å²) in [7, 11) is 1.24. The van der Waals surface area contributed by atoms with Crippen molar-refractivity contribution >= 4 is 74.1 Å². The number of nitrogens with one attached hydrogen (secondary N) is 1. The smallest absolute Gasteiger partial charge is 0.343 e. The Morgan fingerprint density at radius 3 is 2.59 bits per heavy atom. The van der Waals surface area contributed by atoms with E-state index in [1.807, 2.05) is 0 Å². The minimum Gasteiger partial charge on any atom is -0.481 e. The molecule has 2 aromatic carbocycles. The molecular weight excluding hydrogens is 524 g/mol. The lowest BCUT2D eigenvalue weighted by atomic mass is 10.2. The van der Waals surface area contributed by atoms with Gasteiger partial charge < -0.3 is 14.8 Å². The maximum Gasteiger partial charge on any atom is 0.343 e. The molecule has 0 spiro atoms. The zero-order valence-electron chi connectivity index (χ0n) is 16.6. The highest BCUT2D eigenvalue weighted by molar-refractivity contribution is 9.10. The third kappa shape index (κ3) is 6.12. The molecular formula is C21H16BrClN2O6S. The number of methoxy groups -OCH3 is 1. The van der Waals surface area contributed by atoms with Crippen LogP contribution in [0.15, 0.2) is 51.8 Å². The van der Waals surface area contributed by atoms with Crippen LogP contribution in [0.25, 0.3) is 6.08 Å². The number of benzene rings is 2. The summed E-state index contributed by atoms with van der Waals surface area (Å²) >= 11 is 9.87. The van der Waals surface area contributed by atoms with Crippen LogP contribution in [0.1, 0.15) is 5.56 Å². The number of carbonyl (C=O) groups is 4. The van der Waals surface area contributed by atoms with Crippen LogP contribution in [0.4, 0.5) is 10.5 Å². The minimum atomic E-state index is -0.606. The Labute approximate surface area is 201 Å². The average Bonchev–Trinajstić information content (AvgIpc) is 3.02. The third-order valence-electron chi connectivity index (χ3n) is 4.13. The number of halogens is 2. The molecule has 11 heteroatoms. The predicted molar refractivity (Wildman–Crippen MR) is 124 cm³/mol. The van der Waals surface area contributed by atoms with Crippen molar-refractivity contribution in [1.82, 2.24) is 4.90 Å². The van der Waals surface area contributed by atoms with Crippen molar-refractivity contribution in [3.8, 4) is 5.75 Å². The highest BCUT2D eigenvalue weighted by atomic mass is 79.9. The number of carbonyl (C=O) groups excluding carboxylic acids is 4. The topological polar surface area (TPSA) is 102 Å². The molecule has 1 aliphatic heterocycles. The normalized spacial score (nSPS) is 14.6. The molecule has 8 nitrogen and oxygen atoms in total. The fraction of sp³-hybridized carbons (Fsp3) is 0.143. The summed E-state index contributed by atoms with van der Waals surface area (Å²) in [6, 6.07) is 11.4. The number of ether oxygens (including phenoxy) is 2. The van der Waals surface area contributed by atoms with E-state index in [0.29, 0.717) is 38.3 Å². The summed E-state index contributed by atoms with van der Waals surface area (Å²) in [6.07, 6.45) is 1.47. The summed E-state index contributed by atoms with van der Waals surface area (Å²) in [5.41, 5.74) is 0.961. The van der Waals surface area contributed by atoms with Gasteiger partial charge in [0.15, 0.2) is 6.61 Å². The van der Waals surface area contributed by atoms with Gasteiger partial charge in [-0.05, 0) is 60.3 Å². The van der Waals surface area contributed by atoms with Crippen LogP contribution in [0.5, 0.6) is 5.75 Å². The fourth-order valence-electron chi connectivity index (χ4n) is 2.61. The number of nitrogens with zero attached hydrogens (tertiary/aromatic N) is 1. The number of hydrogen-bond donors (Lipinski definition) is 1. The van der Waals surface area contributed by atoms with Crippen molar-refractivity contribution in [2.75, 3.05) is 25.6 Å². The highest BCUT2D eigenvalue weighted by Crippen LogP contribution is 2.34. The first-order valence-electron chi connectivity index (χ1n) is 9.07. The second-order valence-electron chi connectivity index (χ2n) is 6.37. The van der Waals surface area contributed by atoms with Crippen LogP contribution < -0.4 is 10.1 Å². The molecule has 0 saturated carbocycles. The molecule has 1 aliphatic rings. The summed E-state index contributed by atoms with van der Waals surface area (Å²) < 4.78 is 10.7. The van der Waals surface area contributed by atoms with E-state index >= 15 is 0 Å². The highest BCUT2D eigenvalue weighted by Gasteiger charge is 2.36. The van der Waals surface area contributed by atoms with Gasteiger partial charge in [0, 0.05) is 20.7 Å². The molecule has 0 unspecified atom stereocenters. The van der Waals surface area contributed by atoms with Crippen molar-refractivity contribution in [2.45, 2.75) is 0 Å². The SMILES string of the molecule is COC(=O)COc1ccc(Br)cc1/C=C1/SC(=O)N(CC(=O)Nc2ccc(Cl)cc2)C1=O. The van der Waals surface area contributed by atoms with Crippen molar-refractivity contribution in [2.24, 2.45) is 0 Å². The van der Waals surface area contributed by atoms with Crippen molar-refractivity contribution in [1.29, 1.82) is 0 Å². The molecule has 2 aromatic rings. The van der Waals surface area contributed by atoms with Crippen molar-refractivity contribution < 1.29 is 28.7 Å². The number of esters is 1. The molecule has 0 atom stereocenters. The van der Waals surface area contributed by atoms with Gasteiger partial charge in [0.2, 0.25) is 5.91 Å². The summed E-state index contributed by atoms with van der Waals surface area (Å²) in [6.45, 7) is -0.750. The zero-order chi connectivity index (χ0) is 23.3. The molecule has 3 amide bonds. The maximum atomic E-state index is 12.8. The minimum absolute atomic E-state index is 0.121. The van der Waals surface area contributed by atoms with Gasteiger partial charge in [-0.25, -0.2) is 4.79 Å². The number of hydrogen-bond acceptors (Lipinski definition) is 7. The molecule has 0 aromatic heterocycles. The van der Waals surface area contributed by atoms with E-state index in [0.717, 1.165) is 4.90 Å². The number of imide groups is 1. The number of thioether (sulfide) groups is 1. The van der Waals surface area contributed by atoms with Crippen molar-refractivity contribution in [3.63, 3.8) is 0 Å². The second-order valence-corrected chi connectivity index (χ2v) is 8.72. The summed E-state index contributed by atoms with van der Waals surface area (Å²) in [4.78, 5) is 49.7. The van der Waals surface area contributed by atoms with Gasteiger partial charge in [-0.3, -0.25) is 19.3 Å². The number of amides is 3. The van der Waals surface area contributed by atoms with Crippen LogP contribution in [-0.2, 0) is 19.1 Å². The Hall–Kier alpha value is -2.82. The quantitative estimate of drug-likeness (QED) is 0.413. The first kappa shape index (κ1) is 23.8. The average molecular weight is 540 g/mol. The van der Waals surface area contributed by atoms with Crippen molar-refractivity contribution in [3.05, 3.63) is 62.4 Å². The van der Waals surface area contributed by atoms with E-state index in [4.69, 9.17) is 16.3 Å². The molecule has 1 fully saturated rings. The molecule has 1 saturated heterocycles. The van der Waals surface area contributed by atoms with Gasteiger partial charge >= 0.3 is 5.97 Å². The Bertz CT molecular complexity index is 1110. The Morgan fingerprint density at radius 2 is 1.91 bits per heavy atom. The largest absolute Gasteiger partial charge is 0.481 e. The predicted octanol–water partition coefficient (Wildman–Crippen LogP) is 4.33. The maximum absolute atomic E-state index is 12.8. The number of rotatable bonds is 7. The first-order valence-corrected chi connectivity index (χ1v) is 11.1. The van der Waals surface area contributed by atoms with Gasteiger partial charge in [0.05, 0.1) is 12.0 Å². The monoisotopic (exact) mass is 538 g/mol. The molecule has 0 radical (unpaired) electrons. The van der Waals surface area contributed by atoms with E-state index in [-0.39, 0.29) is 11.5 Å². The van der Waals surface area contributed by atoms with Gasteiger partial charge in [-0.15, -0.1) is 0 Å². The van der Waals surface area contributed by atoms with Crippen LogP contribution in [-0.4, -0.2) is 48.2 Å². The molecule has 1 N–H and O–H groups in total. The fourth-order valence-corrected chi connectivity index (χ4v) is 3.95. The van der Waals surface area contributed by atoms with Crippen LogP contribution >= 0.6 is 39.3 Å². The standard InChI is InChI=1S/C21H16BrClN2O6S/c1-30-19(27)11-31-16-7-2-13(22)8-12(16)9-17-20(28)25(21(29)32-17)10-18(26)24-15-5-3-14(23)4-6-15/h2-9H,10-11H2,1H3,(H,24,26)/b17-9+.